The monoisotopic (exact) mass is 250 g/mol. The summed E-state index contributed by atoms with van der Waals surface area (Å²) in [5.41, 5.74) is 0. The lowest BCUT2D eigenvalue weighted by atomic mass is 10.2. The molecule has 0 N–H and O–H groups in total. The first-order valence-electron chi connectivity index (χ1n) is 6.89. The van der Waals surface area contributed by atoms with Crippen LogP contribution in [0.5, 0.6) is 0 Å². The van der Waals surface area contributed by atoms with E-state index in [0.29, 0.717) is 0 Å². The quantitative estimate of drug-likeness (QED) is 0.605. The van der Waals surface area contributed by atoms with E-state index in [1.165, 1.54) is 25.2 Å². The van der Waals surface area contributed by atoms with Crippen molar-refractivity contribution in [3.8, 4) is 0 Å². The second-order valence-corrected chi connectivity index (χ2v) is 8.18. The number of rotatable bonds is 7. The van der Waals surface area contributed by atoms with Crippen molar-refractivity contribution in [1.82, 2.24) is 0 Å². The molecule has 1 rings (SSSR count). The second kappa shape index (κ2) is 7.88. The minimum absolute atomic E-state index is 0.0792. The topological polar surface area (TPSA) is 0 Å². The highest BCUT2D eigenvalue weighted by molar-refractivity contribution is 7.65. The fourth-order valence-electron chi connectivity index (χ4n) is 1.84. The predicted molar refractivity (Wildman–Crippen MR) is 81.6 cm³/mol. The molecular weight excluding hydrogens is 223 g/mol. The van der Waals surface area contributed by atoms with Crippen molar-refractivity contribution >= 4 is 13.2 Å². The van der Waals surface area contributed by atoms with Gasteiger partial charge < -0.3 is 0 Å². The summed E-state index contributed by atoms with van der Waals surface area (Å²) in [6.07, 6.45) is 5.56. The molecule has 1 aromatic rings. The zero-order chi connectivity index (χ0) is 12.7. The third-order valence-corrected chi connectivity index (χ3v) is 5.70. The van der Waals surface area contributed by atoms with Gasteiger partial charge in [0.05, 0.1) is 0 Å². The molecule has 0 fully saturated rings. The summed E-state index contributed by atoms with van der Waals surface area (Å²) >= 11 is 0. The number of benzene rings is 1. The van der Waals surface area contributed by atoms with Gasteiger partial charge in [0.15, 0.2) is 0 Å². The zero-order valence-corrected chi connectivity index (χ0v) is 12.7. The van der Waals surface area contributed by atoms with Gasteiger partial charge in [-0.2, -0.15) is 0 Å². The van der Waals surface area contributed by atoms with E-state index in [0.717, 1.165) is 11.8 Å². The average molecular weight is 250 g/mol. The van der Waals surface area contributed by atoms with Crippen molar-refractivity contribution in [1.29, 1.82) is 0 Å². The minimum Gasteiger partial charge on any atom is -0.0753 e. The second-order valence-electron chi connectivity index (χ2n) is 5.69. The lowest BCUT2D eigenvalue weighted by Crippen LogP contribution is -2.08. The smallest absolute Gasteiger partial charge is 0.0240 e. The molecule has 1 heteroatoms. The highest BCUT2D eigenvalue weighted by Crippen LogP contribution is 2.37. The molecule has 0 nitrogen and oxygen atoms in total. The van der Waals surface area contributed by atoms with E-state index >= 15 is 0 Å². The Labute approximate surface area is 109 Å². The maximum Gasteiger partial charge on any atom is -0.0240 e. The first kappa shape index (κ1) is 14.7. The van der Waals surface area contributed by atoms with Crippen LogP contribution in [0.3, 0.4) is 0 Å². The van der Waals surface area contributed by atoms with Gasteiger partial charge in [0, 0.05) is 0 Å². The van der Waals surface area contributed by atoms with Gasteiger partial charge in [-0.25, -0.2) is 0 Å². The molecule has 0 atom stereocenters. The van der Waals surface area contributed by atoms with E-state index in [1.807, 2.05) is 0 Å². The normalized spacial score (nSPS) is 11.7. The number of hydrogen-bond acceptors (Lipinski definition) is 0. The van der Waals surface area contributed by atoms with Crippen LogP contribution < -0.4 is 5.30 Å². The third kappa shape index (κ3) is 6.22. The summed E-state index contributed by atoms with van der Waals surface area (Å²) in [5.74, 6) is 1.67. The van der Waals surface area contributed by atoms with Crippen molar-refractivity contribution in [2.75, 3.05) is 12.3 Å². The summed E-state index contributed by atoms with van der Waals surface area (Å²) in [6, 6.07) is 11.2. The van der Waals surface area contributed by atoms with E-state index in [2.05, 4.69) is 58.0 Å². The van der Waals surface area contributed by atoms with Crippen LogP contribution in [0.15, 0.2) is 30.3 Å². The van der Waals surface area contributed by atoms with Crippen LogP contribution in [0.2, 0.25) is 0 Å². The molecule has 0 aromatic heterocycles. The third-order valence-electron chi connectivity index (χ3n) is 3.07. The Bertz CT molecular complexity index is 278. The van der Waals surface area contributed by atoms with Crippen LogP contribution >= 0.6 is 7.92 Å². The first-order chi connectivity index (χ1) is 8.09. The summed E-state index contributed by atoms with van der Waals surface area (Å²) in [6.45, 7) is 9.34. The zero-order valence-electron chi connectivity index (χ0n) is 11.8. The largest absolute Gasteiger partial charge is 0.0753 e. The molecule has 17 heavy (non-hydrogen) atoms. The summed E-state index contributed by atoms with van der Waals surface area (Å²) in [4.78, 5) is 0. The molecule has 0 unspecified atom stereocenters. The van der Waals surface area contributed by atoms with E-state index in [9.17, 15) is 0 Å². The fraction of sp³-hybridized carbons (Fsp3) is 0.625. The molecule has 0 bridgehead atoms. The van der Waals surface area contributed by atoms with Crippen LogP contribution in [0.25, 0.3) is 0 Å². The minimum atomic E-state index is 0.0792. The Morgan fingerprint density at radius 2 is 1.29 bits per heavy atom. The molecule has 96 valence electrons. The van der Waals surface area contributed by atoms with E-state index < -0.39 is 0 Å². The van der Waals surface area contributed by atoms with Crippen LogP contribution in [-0.4, -0.2) is 12.3 Å². The summed E-state index contributed by atoms with van der Waals surface area (Å²) in [7, 11) is 0.0792. The Balaban J connectivity index is 2.58. The molecular formula is C16H27P. The Morgan fingerprint density at radius 1 is 0.824 bits per heavy atom. The van der Waals surface area contributed by atoms with E-state index in [4.69, 9.17) is 0 Å². The van der Waals surface area contributed by atoms with Gasteiger partial charge in [0.2, 0.25) is 0 Å². The molecule has 0 radical (unpaired) electrons. The molecule has 1 aromatic carbocycles. The number of hydrogen-bond donors (Lipinski definition) is 0. The van der Waals surface area contributed by atoms with E-state index in [-0.39, 0.29) is 7.92 Å². The van der Waals surface area contributed by atoms with Crippen LogP contribution in [-0.2, 0) is 0 Å². The van der Waals surface area contributed by atoms with Gasteiger partial charge in [-0.3, -0.25) is 0 Å². The van der Waals surface area contributed by atoms with Gasteiger partial charge in [-0.15, -0.1) is 0 Å². The van der Waals surface area contributed by atoms with Gasteiger partial charge in [0.1, 0.15) is 0 Å². The Hall–Kier alpha value is -0.350. The van der Waals surface area contributed by atoms with Crippen molar-refractivity contribution in [2.24, 2.45) is 11.8 Å². The van der Waals surface area contributed by atoms with Crippen molar-refractivity contribution in [2.45, 2.75) is 40.5 Å². The van der Waals surface area contributed by atoms with Gasteiger partial charge in [0.25, 0.3) is 0 Å². The van der Waals surface area contributed by atoms with Crippen molar-refractivity contribution in [3.63, 3.8) is 0 Å². The van der Waals surface area contributed by atoms with Crippen LogP contribution in [0.4, 0.5) is 0 Å². The van der Waals surface area contributed by atoms with Gasteiger partial charge in [-0.1, -0.05) is 65.9 Å². The molecule has 0 aliphatic rings. The van der Waals surface area contributed by atoms with Gasteiger partial charge in [-0.05, 0) is 42.3 Å². The van der Waals surface area contributed by atoms with Crippen molar-refractivity contribution in [3.05, 3.63) is 30.3 Å². The SMILES string of the molecule is CC(C)CCP(CCC(C)C)c1ccccc1. The van der Waals surface area contributed by atoms with Crippen molar-refractivity contribution < 1.29 is 0 Å². The molecule has 0 aliphatic heterocycles. The average Bonchev–Trinajstić information content (AvgIpc) is 2.29. The standard InChI is InChI=1S/C16H27P/c1-14(2)10-12-17(13-11-15(3)4)16-8-6-5-7-9-16/h5-9,14-15H,10-13H2,1-4H3. The Morgan fingerprint density at radius 3 is 1.71 bits per heavy atom. The first-order valence-corrected chi connectivity index (χ1v) is 8.60. The summed E-state index contributed by atoms with van der Waals surface area (Å²) < 4.78 is 0. The molecule has 0 heterocycles. The lowest BCUT2D eigenvalue weighted by Gasteiger charge is -2.20. The maximum atomic E-state index is 2.33. The van der Waals surface area contributed by atoms with Crippen LogP contribution in [0.1, 0.15) is 40.5 Å². The fourth-order valence-corrected chi connectivity index (χ4v) is 4.83. The lowest BCUT2D eigenvalue weighted by molar-refractivity contribution is 0.620. The van der Waals surface area contributed by atoms with E-state index in [1.54, 1.807) is 5.30 Å². The molecule has 0 saturated heterocycles. The maximum absolute atomic E-state index is 2.33. The molecule has 0 saturated carbocycles. The predicted octanol–water partition coefficient (Wildman–Crippen LogP) is 4.89. The highest BCUT2D eigenvalue weighted by atomic mass is 31.1. The Kier molecular flexibility index (Phi) is 6.82. The molecule has 0 amide bonds. The highest BCUT2D eigenvalue weighted by Gasteiger charge is 2.11. The van der Waals surface area contributed by atoms with Crippen LogP contribution in [0, 0.1) is 11.8 Å². The summed E-state index contributed by atoms with van der Waals surface area (Å²) in [5, 5.41) is 1.60. The molecule has 0 aliphatic carbocycles. The van der Waals surface area contributed by atoms with Gasteiger partial charge >= 0.3 is 0 Å². The molecule has 0 spiro atoms.